The number of hydrogen-bond acceptors (Lipinski definition) is 5. The van der Waals surface area contributed by atoms with Crippen molar-refractivity contribution < 1.29 is 14.4 Å². The number of ketones is 1. The Hall–Kier alpha value is -4.49. The molecule has 1 saturated carbocycles. The van der Waals surface area contributed by atoms with Gasteiger partial charge in [0.15, 0.2) is 12.1 Å². The number of halogens is 1. The largest absolute Gasteiger partial charge is 0.349 e. The predicted octanol–water partition coefficient (Wildman–Crippen LogP) is 8.55. The van der Waals surface area contributed by atoms with Crippen molar-refractivity contribution >= 4 is 40.9 Å². The molecule has 6 nitrogen and oxygen atoms in total. The first-order valence-corrected chi connectivity index (χ1v) is 16.4. The first kappa shape index (κ1) is 40.5. The fraction of sp³-hybridized carbons (Fsp3) is 0.350. The van der Waals surface area contributed by atoms with Crippen LogP contribution in [-0.4, -0.2) is 32.1 Å². The maximum absolute atomic E-state index is 10.6. The van der Waals surface area contributed by atoms with Crippen molar-refractivity contribution in [2.24, 2.45) is 0 Å². The fourth-order valence-corrected chi connectivity index (χ4v) is 4.67. The number of Topliss-reactive ketones (excluding diaryl/α,β-unsaturated/α-hetero) is 1. The van der Waals surface area contributed by atoms with Gasteiger partial charge >= 0.3 is 0 Å². The molecule has 0 bridgehead atoms. The second kappa shape index (κ2) is 22.9. The second-order valence-corrected chi connectivity index (χ2v) is 11.3. The van der Waals surface area contributed by atoms with E-state index in [1.165, 1.54) is 35.6 Å². The summed E-state index contributed by atoms with van der Waals surface area (Å²) in [5, 5.41) is 17.5. The number of carbonyl (C=O) groups excluding carboxylic acids is 3. The summed E-state index contributed by atoms with van der Waals surface area (Å²) in [5.41, 5.74) is 5.50. The lowest BCUT2D eigenvalue weighted by molar-refractivity contribution is -0.129. The number of carbonyl (C=O) groups is 3. The lowest BCUT2D eigenvalue weighted by atomic mass is 9.97. The number of rotatable bonds is 10. The molecule has 2 aromatic carbocycles. The van der Waals surface area contributed by atoms with E-state index in [0.717, 1.165) is 19.3 Å². The van der Waals surface area contributed by atoms with Crippen LogP contribution in [0, 0.1) is 23.2 Å². The predicted molar refractivity (Wildman–Crippen MR) is 196 cm³/mol. The molecule has 1 amide bonds. The van der Waals surface area contributed by atoms with Gasteiger partial charge in [-0.25, -0.2) is 0 Å². The van der Waals surface area contributed by atoms with E-state index < -0.39 is 0 Å². The van der Waals surface area contributed by atoms with Crippen LogP contribution in [0.4, 0.5) is 0 Å². The number of nitriles is 1. The first-order valence-electron chi connectivity index (χ1n) is 16.0. The molecular weight excluding hydrogens is 606 g/mol. The molecule has 4 rings (SSSR count). The van der Waals surface area contributed by atoms with Crippen molar-refractivity contribution in [1.82, 2.24) is 10.6 Å². The number of fused-ring (bicyclic) bond motifs is 1. The summed E-state index contributed by atoms with van der Waals surface area (Å²) in [4.78, 5) is 29.8. The Morgan fingerprint density at radius 3 is 2.26 bits per heavy atom. The van der Waals surface area contributed by atoms with Gasteiger partial charge in [-0.15, -0.1) is 0 Å². The van der Waals surface area contributed by atoms with Crippen LogP contribution in [0.3, 0.4) is 0 Å². The van der Waals surface area contributed by atoms with Crippen molar-refractivity contribution in [2.45, 2.75) is 78.2 Å². The van der Waals surface area contributed by atoms with Crippen LogP contribution in [-0.2, 0) is 19.9 Å². The highest BCUT2D eigenvalue weighted by Gasteiger charge is 2.43. The van der Waals surface area contributed by atoms with Gasteiger partial charge in [-0.1, -0.05) is 105 Å². The Labute approximate surface area is 286 Å². The number of hydrogen-bond donors (Lipinski definition) is 2. The average Bonchev–Trinajstić information content (AvgIpc) is 3.89. The molecule has 248 valence electrons. The second-order valence-electron chi connectivity index (χ2n) is 10.9. The van der Waals surface area contributed by atoms with Crippen LogP contribution in [0.15, 0.2) is 101 Å². The third kappa shape index (κ3) is 15.1. The van der Waals surface area contributed by atoms with Gasteiger partial charge in [-0.2, -0.15) is 5.26 Å². The molecule has 0 saturated heterocycles. The third-order valence-corrected chi connectivity index (χ3v) is 7.88. The summed E-state index contributed by atoms with van der Waals surface area (Å²) in [6.45, 7) is 12.4. The molecule has 2 aliphatic carbocycles. The van der Waals surface area contributed by atoms with Crippen LogP contribution in [0.1, 0.15) is 78.2 Å². The SMILES string of the molecule is C=C(C#CCNC)/C=C\C(Cl)=C(\C#N)CC.CCC(=O)C=O.CCC1=C(C)CCC=C1.O=CNC1(c2ccc3ccccc3c2)CC1. The molecular formula is C40H48ClN3O3. The Balaban J connectivity index is 0.000000334. The van der Waals surface area contributed by atoms with E-state index in [0.29, 0.717) is 41.9 Å². The van der Waals surface area contributed by atoms with Gasteiger partial charge in [-0.3, -0.25) is 14.4 Å². The zero-order valence-corrected chi connectivity index (χ0v) is 29.2. The standard InChI is InChI=1S/C14H13NO.C13H15ClN2.C9H14.C4H6O2/c16-10-15-14(7-8-14)13-6-5-11-3-1-2-4-12(11)9-13;1-4-12(10-15)13(14)8-7-11(2)6-5-9-16-3;1-3-9-7-5-4-6-8(9)2;1-2-4(6)3-5/h1-6,9-10H,7-8H2,(H,15,16);7-8,16H,2,4,9H2,1,3H3;5,7H,3-4,6H2,1-2H3;3H,2H2,1H3/b;8-7-,13-12-;;. The van der Waals surface area contributed by atoms with Crippen molar-refractivity contribution in [3.63, 3.8) is 0 Å². The maximum Gasteiger partial charge on any atom is 0.207 e. The number of benzene rings is 2. The maximum atomic E-state index is 10.6. The monoisotopic (exact) mass is 653 g/mol. The molecule has 7 heteroatoms. The number of nitrogens with zero attached hydrogens (tertiary/aromatic N) is 1. The molecule has 0 spiro atoms. The number of amides is 1. The topological polar surface area (TPSA) is 99.1 Å². The molecule has 0 unspecified atom stereocenters. The van der Waals surface area contributed by atoms with E-state index >= 15 is 0 Å². The summed E-state index contributed by atoms with van der Waals surface area (Å²) in [5.74, 6) is 5.40. The summed E-state index contributed by atoms with van der Waals surface area (Å²) < 4.78 is 0. The highest BCUT2D eigenvalue weighted by Crippen LogP contribution is 2.45. The molecule has 2 aliphatic rings. The van der Waals surface area contributed by atoms with E-state index in [-0.39, 0.29) is 11.3 Å². The Kier molecular flexibility index (Phi) is 19.8. The van der Waals surface area contributed by atoms with E-state index in [1.54, 1.807) is 30.2 Å². The molecule has 0 heterocycles. The molecule has 0 aliphatic heterocycles. The van der Waals surface area contributed by atoms with E-state index in [2.05, 4.69) is 85.4 Å². The minimum Gasteiger partial charge on any atom is -0.349 e. The lowest BCUT2D eigenvalue weighted by Crippen LogP contribution is -2.27. The van der Waals surface area contributed by atoms with E-state index in [9.17, 15) is 14.4 Å². The molecule has 0 atom stereocenters. The highest BCUT2D eigenvalue weighted by molar-refractivity contribution is 6.31. The van der Waals surface area contributed by atoms with Crippen molar-refractivity contribution in [1.29, 1.82) is 5.26 Å². The summed E-state index contributed by atoms with van der Waals surface area (Å²) >= 11 is 5.92. The minimum atomic E-state index is -0.338. The van der Waals surface area contributed by atoms with E-state index in [1.807, 2.05) is 32.2 Å². The fourth-order valence-electron chi connectivity index (χ4n) is 4.44. The van der Waals surface area contributed by atoms with Gasteiger partial charge in [0.2, 0.25) is 6.41 Å². The van der Waals surface area contributed by atoms with Crippen LogP contribution in [0.2, 0.25) is 0 Å². The summed E-state index contributed by atoms with van der Waals surface area (Å²) in [6.07, 6.45) is 15.8. The molecule has 1 fully saturated rings. The van der Waals surface area contributed by atoms with Crippen molar-refractivity contribution in [3.8, 4) is 17.9 Å². The lowest BCUT2D eigenvalue weighted by Gasteiger charge is -2.15. The summed E-state index contributed by atoms with van der Waals surface area (Å²) in [7, 11) is 1.83. The Bertz CT molecular complexity index is 1590. The van der Waals surface area contributed by atoms with Crippen molar-refractivity contribution in [3.05, 3.63) is 106 Å². The van der Waals surface area contributed by atoms with Gasteiger partial charge in [0.05, 0.1) is 23.2 Å². The number of nitrogens with one attached hydrogen (secondary N) is 2. The molecule has 0 aromatic heterocycles. The smallest absolute Gasteiger partial charge is 0.207 e. The third-order valence-electron chi connectivity index (χ3n) is 7.52. The Morgan fingerprint density at radius 1 is 1.06 bits per heavy atom. The molecule has 47 heavy (non-hydrogen) atoms. The number of aldehydes is 1. The van der Waals surface area contributed by atoms with Crippen LogP contribution >= 0.6 is 11.6 Å². The average molecular weight is 654 g/mol. The van der Waals surface area contributed by atoms with Gasteiger partial charge < -0.3 is 10.6 Å². The highest BCUT2D eigenvalue weighted by atomic mass is 35.5. The van der Waals surface area contributed by atoms with Gasteiger partial charge in [0.25, 0.3) is 0 Å². The van der Waals surface area contributed by atoms with Crippen molar-refractivity contribution in [2.75, 3.05) is 13.6 Å². The summed E-state index contributed by atoms with van der Waals surface area (Å²) in [6, 6.07) is 16.8. The minimum absolute atomic E-state index is 0.0776. The van der Waals surface area contributed by atoms with E-state index in [4.69, 9.17) is 16.9 Å². The molecule has 2 aromatic rings. The quantitative estimate of drug-likeness (QED) is 0.0880. The van der Waals surface area contributed by atoms with Gasteiger partial charge in [-0.05, 0) is 92.6 Å². The van der Waals surface area contributed by atoms with Crippen LogP contribution in [0.25, 0.3) is 10.8 Å². The first-order chi connectivity index (χ1) is 22.6. The molecule has 2 N–H and O–H groups in total. The van der Waals surface area contributed by atoms with Gasteiger partial charge in [0.1, 0.15) is 0 Å². The van der Waals surface area contributed by atoms with Gasteiger partial charge in [0, 0.05) is 17.6 Å². The molecule has 0 radical (unpaired) electrons. The zero-order chi connectivity index (χ0) is 35.1. The van der Waals surface area contributed by atoms with Crippen LogP contribution < -0.4 is 10.6 Å². The Morgan fingerprint density at radius 2 is 1.77 bits per heavy atom. The number of allylic oxidation sites excluding steroid dienone is 9. The zero-order valence-electron chi connectivity index (χ0n) is 28.4. The normalized spacial score (nSPS) is 14.2. The van der Waals surface area contributed by atoms with Crippen LogP contribution in [0.5, 0.6) is 0 Å².